The van der Waals surface area contributed by atoms with Gasteiger partial charge in [0.1, 0.15) is 23.8 Å². The number of aromatic nitrogens is 1. The number of ether oxygens (including phenoxy) is 1. The van der Waals surface area contributed by atoms with Crippen molar-refractivity contribution in [3.8, 4) is 5.75 Å². The molecule has 4 heteroatoms. The van der Waals surface area contributed by atoms with Gasteiger partial charge in [0.15, 0.2) is 11.7 Å². The number of hydrogen-bond donors (Lipinski definition) is 0. The van der Waals surface area contributed by atoms with E-state index in [1.165, 1.54) is 0 Å². The predicted octanol–water partition coefficient (Wildman–Crippen LogP) is 4.06. The van der Waals surface area contributed by atoms with Crippen molar-refractivity contribution in [1.82, 2.24) is 4.98 Å². The lowest BCUT2D eigenvalue weighted by Gasteiger charge is -2.11. The van der Waals surface area contributed by atoms with E-state index < -0.39 is 0 Å². The van der Waals surface area contributed by atoms with Crippen molar-refractivity contribution in [1.29, 1.82) is 0 Å². The maximum Gasteiger partial charge on any atom is 0.200 e. The van der Waals surface area contributed by atoms with Crippen LogP contribution in [-0.2, 0) is 12.0 Å². The Morgan fingerprint density at radius 1 is 1.24 bits per heavy atom. The third-order valence-corrected chi connectivity index (χ3v) is 3.17. The molecule has 2 rings (SSSR count). The molecular formula is C17H21NO3. The molecule has 0 spiro atoms. The molecule has 1 aromatic carbocycles. The van der Waals surface area contributed by atoms with Gasteiger partial charge in [-0.05, 0) is 38.1 Å². The highest BCUT2D eigenvalue weighted by molar-refractivity contribution is 5.94. The van der Waals surface area contributed by atoms with Crippen LogP contribution < -0.4 is 4.74 Å². The number of carbonyl (C=O) groups is 1. The SMILES string of the molecule is CC(=O)c1ccc(OCc2nc(C(C)(C)C)oc2C)cc1. The Balaban J connectivity index is 2.06. The number of hydrogen-bond acceptors (Lipinski definition) is 4. The zero-order valence-electron chi connectivity index (χ0n) is 13.2. The molecule has 0 unspecified atom stereocenters. The summed E-state index contributed by atoms with van der Waals surface area (Å²) < 4.78 is 11.4. The minimum absolute atomic E-state index is 0.0451. The molecule has 21 heavy (non-hydrogen) atoms. The van der Waals surface area contributed by atoms with Crippen molar-refractivity contribution in [3.05, 3.63) is 47.2 Å². The number of nitrogens with zero attached hydrogens (tertiary/aromatic N) is 1. The summed E-state index contributed by atoms with van der Waals surface area (Å²) in [4.78, 5) is 15.7. The van der Waals surface area contributed by atoms with Gasteiger partial charge in [-0.3, -0.25) is 4.79 Å². The van der Waals surface area contributed by atoms with Crippen LogP contribution in [0.3, 0.4) is 0 Å². The molecule has 112 valence electrons. The van der Waals surface area contributed by atoms with Crippen LogP contribution in [-0.4, -0.2) is 10.8 Å². The molecule has 0 radical (unpaired) electrons. The predicted molar refractivity (Wildman–Crippen MR) is 80.7 cm³/mol. The Bertz CT molecular complexity index is 633. The molecule has 0 fully saturated rings. The van der Waals surface area contributed by atoms with Crippen molar-refractivity contribution < 1.29 is 13.9 Å². The lowest BCUT2D eigenvalue weighted by Crippen LogP contribution is -2.11. The monoisotopic (exact) mass is 287 g/mol. The number of Topliss-reactive ketones (excluding diaryl/α,β-unsaturated/α-hetero) is 1. The molecule has 0 N–H and O–H groups in total. The Labute approximate surface area is 125 Å². The van der Waals surface area contributed by atoms with Crippen LogP contribution in [0.25, 0.3) is 0 Å². The van der Waals surface area contributed by atoms with Gasteiger partial charge in [-0.15, -0.1) is 0 Å². The number of aryl methyl sites for hydroxylation is 1. The first-order valence-corrected chi connectivity index (χ1v) is 6.98. The van der Waals surface area contributed by atoms with Crippen LogP contribution in [0.2, 0.25) is 0 Å². The largest absolute Gasteiger partial charge is 0.487 e. The zero-order chi connectivity index (χ0) is 15.6. The van der Waals surface area contributed by atoms with Crippen LogP contribution in [0, 0.1) is 6.92 Å². The average Bonchev–Trinajstić information content (AvgIpc) is 2.78. The van der Waals surface area contributed by atoms with E-state index in [2.05, 4.69) is 25.8 Å². The highest BCUT2D eigenvalue weighted by atomic mass is 16.5. The molecular weight excluding hydrogens is 266 g/mol. The first-order valence-electron chi connectivity index (χ1n) is 6.98. The second kappa shape index (κ2) is 5.72. The minimum atomic E-state index is -0.119. The fraction of sp³-hybridized carbons (Fsp3) is 0.412. The van der Waals surface area contributed by atoms with Gasteiger partial charge in [0.05, 0.1) is 0 Å². The summed E-state index contributed by atoms with van der Waals surface area (Å²) in [6, 6.07) is 7.09. The maximum absolute atomic E-state index is 11.2. The third-order valence-electron chi connectivity index (χ3n) is 3.17. The summed E-state index contributed by atoms with van der Waals surface area (Å²) in [7, 11) is 0. The number of oxazole rings is 1. The van der Waals surface area contributed by atoms with Crippen molar-refractivity contribution in [2.45, 2.75) is 46.6 Å². The summed E-state index contributed by atoms with van der Waals surface area (Å²) >= 11 is 0. The summed E-state index contributed by atoms with van der Waals surface area (Å²) in [5.74, 6) is 2.24. The Morgan fingerprint density at radius 2 is 1.86 bits per heavy atom. The molecule has 0 amide bonds. The van der Waals surface area contributed by atoms with Crippen LogP contribution >= 0.6 is 0 Å². The molecule has 0 atom stereocenters. The van der Waals surface area contributed by atoms with E-state index in [0.29, 0.717) is 23.8 Å². The van der Waals surface area contributed by atoms with Gasteiger partial charge in [-0.2, -0.15) is 0 Å². The van der Waals surface area contributed by atoms with E-state index in [1.807, 2.05) is 6.92 Å². The maximum atomic E-state index is 11.2. The van der Waals surface area contributed by atoms with E-state index in [1.54, 1.807) is 31.2 Å². The molecule has 0 aliphatic carbocycles. The van der Waals surface area contributed by atoms with Gasteiger partial charge in [0.2, 0.25) is 0 Å². The lowest BCUT2D eigenvalue weighted by molar-refractivity contribution is 0.101. The third kappa shape index (κ3) is 3.72. The Hall–Kier alpha value is -2.10. The molecule has 1 heterocycles. The topological polar surface area (TPSA) is 52.3 Å². The smallest absolute Gasteiger partial charge is 0.200 e. The highest BCUT2D eigenvalue weighted by Gasteiger charge is 2.22. The van der Waals surface area contributed by atoms with Gasteiger partial charge in [-0.25, -0.2) is 4.98 Å². The number of ketones is 1. The normalized spacial score (nSPS) is 11.5. The van der Waals surface area contributed by atoms with Gasteiger partial charge < -0.3 is 9.15 Å². The summed E-state index contributed by atoms with van der Waals surface area (Å²) in [6.45, 7) is 9.96. The molecule has 0 aliphatic rings. The zero-order valence-corrected chi connectivity index (χ0v) is 13.2. The quantitative estimate of drug-likeness (QED) is 0.796. The van der Waals surface area contributed by atoms with Crippen LogP contribution in [0.5, 0.6) is 5.75 Å². The fourth-order valence-corrected chi connectivity index (χ4v) is 1.82. The molecule has 1 aromatic heterocycles. The first-order chi connectivity index (χ1) is 9.77. The second-order valence-corrected chi connectivity index (χ2v) is 6.14. The Morgan fingerprint density at radius 3 is 2.33 bits per heavy atom. The van der Waals surface area contributed by atoms with Crippen molar-refractivity contribution in [2.24, 2.45) is 0 Å². The van der Waals surface area contributed by atoms with Crippen LogP contribution in [0.15, 0.2) is 28.7 Å². The average molecular weight is 287 g/mol. The standard InChI is InChI=1S/C17H21NO3/c1-11(19)13-6-8-14(9-7-13)20-10-15-12(2)21-16(18-15)17(3,4)5/h6-9H,10H2,1-5H3. The molecule has 2 aromatic rings. The van der Waals surface area contributed by atoms with Crippen LogP contribution in [0.1, 0.15) is 55.4 Å². The summed E-state index contributed by atoms with van der Waals surface area (Å²) in [5.41, 5.74) is 1.36. The second-order valence-electron chi connectivity index (χ2n) is 6.14. The number of carbonyl (C=O) groups excluding carboxylic acids is 1. The summed E-state index contributed by atoms with van der Waals surface area (Å²) in [5, 5.41) is 0. The molecule has 0 saturated carbocycles. The van der Waals surface area contributed by atoms with E-state index in [9.17, 15) is 4.79 Å². The van der Waals surface area contributed by atoms with E-state index >= 15 is 0 Å². The van der Waals surface area contributed by atoms with E-state index in [4.69, 9.17) is 9.15 Å². The van der Waals surface area contributed by atoms with Crippen molar-refractivity contribution in [2.75, 3.05) is 0 Å². The number of rotatable bonds is 4. The van der Waals surface area contributed by atoms with Gasteiger partial charge in [0.25, 0.3) is 0 Å². The Kier molecular flexibility index (Phi) is 4.16. The van der Waals surface area contributed by atoms with Crippen molar-refractivity contribution >= 4 is 5.78 Å². The van der Waals surface area contributed by atoms with Gasteiger partial charge >= 0.3 is 0 Å². The van der Waals surface area contributed by atoms with Gasteiger partial charge in [-0.1, -0.05) is 20.8 Å². The van der Waals surface area contributed by atoms with E-state index in [-0.39, 0.29) is 11.2 Å². The first kappa shape index (κ1) is 15.3. The lowest BCUT2D eigenvalue weighted by atomic mass is 9.97. The number of benzene rings is 1. The molecule has 0 saturated heterocycles. The molecule has 0 aliphatic heterocycles. The molecule has 0 bridgehead atoms. The minimum Gasteiger partial charge on any atom is -0.487 e. The highest BCUT2D eigenvalue weighted by Crippen LogP contribution is 2.24. The van der Waals surface area contributed by atoms with E-state index in [0.717, 1.165) is 11.5 Å². The van der Waals surface area contributed by atoms with Crippen LogP contribution in [0.4, 0.5) is 0 Å². The molecule has 4 nitrogen and oxygen atoms in total. The summed E-state index contributed by atoms with van der Waals surface area (Å²) in [6.07, 6.45) is 0. The fourth-order valence-electron chi connectivity index (χ4n) is 1.82. The van der Waals surface area contributed by atoms with Crippen molar-refractivity contribution in [3.63, 3.8) is 0 Å². The van der Waals surface area contributed by atoms with Gasteiger partial charge in [0, 0.05) is 11.0 Å².